The van der Waals surface area contributed by atoms with Crippen molar-refractivity contribution < 1.29 is 32.3 Å². The number of aliphatic hydroxyl groups is 1. The largest absolute Gasteiger partial charge is 0.462 e. The first-order chi connectivity index (χ1) is 6.45. The Balaban J connectivity index is 3.46. The van der Waals surface area contributed by atoms with Gasteiger partial charge in [-0.1, -0.05) is 0 Å². The van der Waals surface area contributed by atoms with Crippen LogP contribution in [0.1, 0.15) is 0 Å². The number of rotatable bonds is 7. The molecule has 0 aromatic rings. The maximum Gasteiger partial charge on any atom is 0.323 e. The molecule has 0 bridgehead atoms. The SMILES string of the molecule is O=C(CS(=O)(=O)O)OCCOCCO. The van der Waals surface area contributed by atoms with Crippen molar-refractivity contribution in [2.75, 3.05) is 32.2 Å². The normalized spacial score (nSPS) is 11.3. The predicted molar refractivity (Wildman–Crippen MR) is 45.3 cm³/mol. The van der Waals surface area contributed by atoms with Crippen molar-refractivity contribution in [3.05, 3.63) is 0 Å². The van der Waals surface area contributed by atoms with Gasteiger partial charge in [-0.2, -0.15) is 8.42 Å². The van der Waals surface area contributed by atoms with Crippen LogP contribution in [0.25, 0.3) is 0 Å². The van der Waals surface area contributed by atoms with Gasteiger partial charge < -0.3 is 14.6 Å². The number of aliphatic hydroxyl groups excluding tert-OH is 1. The lowest BCUT2D eigenvalue weighted by Crippen LogP contribution is -2.20. The Morgan fingerprint density at radius 2 is 1.86 bits per heavy atom. The van der Waals surface area contributed by atoms with Crippen LogP contribution in [0.4, 0.5) is 0 Å². The number of ether oxygens (including phenoxy) is 2. The van der Waals surface area contributed by atoms with E-state index < -0.39 is 21.8 Å². The van der Waals surface area contributed by atoms with Crippen molar-refractivity contribution in [1.82, 2.24) is 0 Å². The fourth-order valence-electron chi connectivity index (χ4n) is 0.572. The van der Waals surface area contributed by atoms with Gasteiger partial charge in [-0.3, -0.25) is 9.35 Å². The first kappa shape index (κ1) is 13.3. The molecule has 0 rings (SSSR count). The van der Waals surface area contributed by atoms with E-state index in [1.54, 1.807) is 0 Å². The summed E-state index contributed by atoms with van der Waals surface area (Å²) in [6.45, 7) is -0.0685. The van der Waals surface area contributed by atoms with E-state index >= 15 is 0 Å². The summed E-state index contributed by atoms with van der Waals surface area (Å²) in [4.78, 5) is 10.6. The molecule has 0 aromatic heterocycles. The second-order valence-electron chi connectivity index (χ2n) is 2.28. The average Bonchev–Trinajstić information content (AvgIpc) is 2.00. The van der Waals surface area contributed by atoms with Crippen LogP contribution in [0, 0.1) is 0 Å². The van der Waals surface area contributed by atoms with Gasteiger partial charge >= 0.3 is 5.97 Å². The van der Waals surface area contributed by atoms with Crippen LogP contribution in [-0.4, -0.2) is 56.2 Å². The van der Waals surface area contributed by atoms with Gasteiger partial charge in [0.1, 0.15) is 6.61 Å². The Morgan fingerprint density at radius 3 is 2.36 bits per heavy atom. The van der Waals surface area contributed by atoms with Gasteiger partial charge in [-0.25, -0.2) is 0 Å². The highest BCUT2D eigenvalue weighted by atomic mass is 32.2. The summed E-state index contributed by atoms with van der Waals surface area (Å²) >= 11 is 0. The Hall–Kier alpha value is -0.700. The molecular weight excluding hydrogens is 216 g/mol. The van der Waals surface area contributed by atoms with Crippen molar-refractivity contribution in [2.24, 2.45) is 0 Å². The smallest absolute Gasteiger partial charge is 0.323 e. The molecule has 0 fully saturated rings. The second kappa shape index (κ2) is 6.71. The maximum atomic E-state index is 10.6. The molecule has 0 aromatic carbocycles. The molecular formula is C6H12O7S. The Labute approximate surface area is 81.4 Å². The summed E-state index contributed by atoms with van der Waals surface area (Å²) < 4.78 is 37.7. The van der Waals surface area contributed by atoms with Crippen molar-refractivity contribution in [1.29, 1.82) is 0 Å². The van der Waals surface area contributed by atoms with Crippen LogP contribution < -0.4 is 0 Å². The standard InChI is InChI=1S/C6H12O7S/c7-1-2-12-3-4-13-6(8)5-14(9,10)11/h7H,1-5H2,(H,9,10,11). The van der Waals surface area contributed by atoms with Crippen LogP contribution in [0.3, 0.4) is 0 Å². The molecule has 7 nitrogen and oxygen atoms in total. The summed E-state index contributed by atoms with van der Waals surface area (Å²) in [7, 11) is -4.33. The van der Waals surface area contributed by atoms with E-state index in [9.17, 15) is 13.2 Å². The minimum absolute atomic E-state index is 0.0672. The van der Waals surface area contributed by atoms with Gasteiger partial charge in [0.2, 0.25) is 0 Å². The third-order valence-corrected chi connectivity index (χ3v) is 1.63. The monoisotopic (exact) mass is 228 g/mol. The van der Waals surface area contributed by atoms with Gasteiger partial charge in [-0.15, -0.1) is 0 Å². The van der Waals surface area contributed by atoms with E-state index in [1.165, 1.54) is 0 Å². The van der Waals surface area contributed by atoms with Crippen LogP contribution in [0.2, 0.25) is 0 Å². The van der Waals surface area contributed by atoms with Gasteiger partial charge in [0, 0.05) is 0 Å². The summed E-state index contributed by atoms with van der Waals surface area (Å²) in [6.07, 6.45) is 0. The third-order valence-electron chi connectivity index (χ3n) is 1.03. The first-order valence-electron chi connectivity index (χ1n) is 3.75. The topological polar surface area (TPSA) is 110 Å². The number of esters is 1. The van der Waals surface area contributed by atoms with Crippen molar-refractivity contribution in [3.8, 4) is 0 Å². The lowest BCUT2D eigenvalue weighted by Gasteiger charge is -2.03. The number of carbonyl (C=O) groups is 1. The molecule has 0 spiro atoms. The van der Waals surface area contributed by atoms with Crippen LogP contribution >= 0.6 is 0 Å². The number of carbonyl (C=O) groups excluding carboxylic acids is 1. The van der Waals surface area contributed by atoms with E-state index in [0.717, 1.165) is 0 Å². The fourth-order valence-corrected chi connectivity index (χ4v) is 0.953. The molecule has 8 heteroatoms. The fraction of sp³-hybridized carbons (Fsp3) is 0.833. The van der Waals surface area contributed by atoms with Crippen molar-refractivity contribution in [3.63, 3.8) is 0 Å². The van der Waals surface area contributed by atoms with E-state index in [0.29, 0.717) is 0 Å². The lowest BCUT2D eigenvalue weighted by atomic mass is 10.7. The van der Waals surface area contributed by atoms with Gasteiger partial charge in [0.15, 0.2) is 5.75 Å². The van der Waals surface area contributed by atoms with Gasteiger partial charge in [0.25, 0.3) is 10.1 Å². The van der Waals surface area contributed by atoms with Gasteiger partial charge in [-0.05, 0) is 0 Å². The first-order valence-corrected chi connectivity index (χ1v) is 5.36. The number of hydrogen-bond acceptors (Lipinski definition) is 6. The van der Waals surface area contributed by atoms with E-state index in [1.807, 2.05) is 0 Å². The minimum Gasteiger partial charge on any atom is -0.462 e. The molecule has 0 saturated heterocycles. The predicted octanol–water partition coefficient (Wildman–Crippen LogP) is -1.57. The molecule has 84 valence electrons. The highest BCUT2D eigenvalue weighted by Gasteiger charge is 2.13. The van der Waals surface area contributed by atoms with E-state index in [-0.39, 0.29) is 26.4 Å². The number of hydrogen-bond donors (Lipinski definition) is 2. The molecule has 0 aliphatic rings. The molecule has 14 heavy (non-hydrogen) atoms. The molecule has 0 saturated carbocycles. The summed E-state index contributed by atoms with van der Waals surface area (Å²) in [5.74, 6) is -2.10. The third kappa shape index (κ3) is 9.39. The summed E-state index contributed by atoms with van der Waals surface area (Å²) in [5, 5.41) is 8.28. The Bertz CT molecular complexity index is 257. The Morgan fingerprint density at radius 1 is 1.21 bits per heavy atom. The van der Waals surface area contributed by atoms with Crippen LogP contribution in [0.5, 0.6) is 0 Å². The lowest BCUT2D eigenvalue weighted by molar-refractivity contribution is -0.142. The second-order valence-corrected chi connectivity index (χ2v) is 3.74. The average molecular weight is 228 g/mol. The zero-order valence-electron chi connectivity index (χ0n) is 7.38. The molecule has 0 radical (unpaired) electrons. The molecule has 0 heterocycles. The molecule has 0 atom stereocenters. The zero-order valence-corrected chi connectivity index (χ0v) is 8.20. The zero-order chi connectivity index (χ0) is 11.0. The van der Waals surface area contributed by atoms with Gasteiger partial charge in [0.05, 0.1) is 19.8 Å². The summed E-state index contributed by atoms with van der Waals surface area (Å²) in [6, 6.07) is 0. The molecule has 0 unspecified atom stereocenters. The van der Waals surface area contributed by atoms with E-state index in [4.69, 9.17) is 14.4 Å². The highest BCUT2D eigenvalue weighted by Crippen LogP contribution is 1.87. The minimum atomic E-state index is -4.33. The van der Waals surface area contributed by atoms with Crippen LogP contribution in [0.15, 0.2) is 0 Å². The summed E-state index contributed by atoms with van der Waals surface area (Å²) in [5.41, 5.74) is 0. The molecule has 0 aliphatic carbocycles. The molecule has 0 aliphatic heterocycles. The van der Waals surface area contributed by atoms with Crippen molar-refractivity contribution in [2.45, 2.75) is 0 Å². The molecule has 0 amide bonds. The maximum absolute atomic E-state index is 10.6. The van der Waals surface area contributed by atoms with Crippen LogP contribution in [-0.2, 0) is 24.4 Å². The Kier molecular flexibility index (Phi) is 6.37. The molecule has 2 N–H and O–H groups in total. The van der Waals surface area contributed by atoms with E-state index in [2.05, 4.69) is 4.74 Å². The van der Waals surface area contributed by atoms with Crippen molar-refractivity contribution >= 4 is 16.1 Å². The highest BCUT2D eigenvalue weighted by molar-refractivity contribution is 7.86. The quantitative estimate of drug-likeness (QED) is 0.307.